The normalized spacial score (nSPS) is 16.2. The van der Waals surface area contributed by atoms with Crippen LogP contribution in [0.25, 0.3) is 11.0 Å². The van der Waals surface area contributed by atoms with Crippen LogP contribution in [0.4, 0.5) is 0 Å². The number of rotatable bonds is 2. The van der Waals surface area contributed by atoms with Crippen LogP contribution in [0.15, 0.2) is 12.5 Å². The molecule has 0 amide bonds. The van der Waals surface area contributed by atoms with Crippen molar-refractivity contribution in [3.63, 3.8) is 0 Å². The van der Waals surface area contributed by atoms with E-state index in [-0.39, 0.29) is 5.56 Å². The molecule has 2 aromatic heterocycles. The van der Waals surface area contributed by atoms with Gasteiger partial charge in [-0.25, -0.2) is 14.8 Å². The van der Waals surface area contributed by atoms with Crippen molar-refractivity contribution in [1.29, 1.82) is 0 Å². The van der Waals surface area contributed by atoms with Crippen LogP contribution in [0.3, 0.4) is 0 Å². The molecule has 0 radical (unpaired) electrons. The van der Waals surface area contributed by atoms with Gasteiger partial charge in [0, 0.05) is 12.1 Å². The van der Waals surface area contributed by atoms with E-state index in [1.54, 1.807) is 0 Å². The third-order valence-corrected chi connectivity index (χ3v) is 3.22. The van der Waals surface area contributed by atoms with Crippen molar-refractivity contribution in [1.82, 2.24) is 15.0 Å². The number of carbonyl (C=O) groups is 1. The topological polar surface area (TPSA) is 78.9 Å². The second-order valence-corrected chi connectivity index (χ2v) is 4.12. The maximum absolute atomic E-state index is 11.1. The van der Waals surface area contributed by atoms with E-state index >= 15 is 0 Å². The molecule has 5 heteroatoms. The molecule has 0 saturated heterocycles. The number of fused-ring (bicyclic) bond motifs is 1. The van der Waals surface area contributed by atoms with Crippen LogP contribution in [0.2, 0.25) is 0 Å². The molecule has 5 nitrogen and oxygen atoms in total. The molecule has 0 atom stereocenters. The summed E-state index contributed by atoms with van der Waals surface area (Å²) in [5, 5.41) is 9.77. The van der Waals surface area contributed by atoms with Crippen molar-refractivity contribution in [3.8, 4) is 0 Å². The summed E-state index contributed by atoms with van der Waals surface area (Å²) in [6.07, 6.45) is 6.37. The highest BCUT2D eigenvalue weighted by molar-refractivity contribution is 6.03. The van der Waals surface area contributed by atoms with Crippen LogP contribution in [0.1, 0.15) is 41.2 Å². The van der Waals surface area contributed by atoms with Gasteiger partial charge in [0.25, 0.3) is 0 Å². The largest absolute Gasteiger partial charge is 0.478 e. The van der Waals surface area contributed by atoms with Gasteiger partial charge < -0.3 is 10.1 Å². The van der Waals surface area contributed by atoms with E-state index in [1.165, 1.54) is 18.9 Å². The van der Waals surface area contributed by atoms with Gasteiger partial charge in [0.05, 0.1) is 16.6 Å². The van der Waals surface area contributed by atoms with E-state index in [0.29, 0.717) is 17.0 Å². The van der Waals surface area contributed by atoms with Gasteiger partial charge in [0.2, 0.25) is 0 Å². The van der Waals surface area contributed by atoms with Crippen LogP contribution < -0.4 is 0 Å². The standard InChI is InChI=1S/C11H11N3O2/c15-11(16)7-4-12-10-8(7)9(13-5-14-10)6-2-1-3-6/h4-6H,1-3H2,(H,15,16)(H,12,13,14). The minimum atomic E-state index is -0.929. The lowest BCUT2D eigenvalue weighted by molar-refractivity contribution is 0.0699. The lowest BCUT2D eigenvalue weighted by Crippen LogP contribution is -2.12. The molecule has 3 rings (SSSR count). The van der Waals surface area contributed by atoms with Gasteiger partial charge >= 0.3 is 5.97 Å². The molecule has 0 spiro atoms. The van der Waals surface area contributed by atoms with Gasteiger partial charge in [-0.1, -0.05) is 6.42 Å². The monoisotopic (exact) mass is 217 g/mol. The molecular formula is C11H11N3O2. The summed E-state index contributed by atoms with van der Waals surface area (Å²) >= 11 is 0. The molecule has 2 N–H and O–H groups in total. The van der Waals surface area contributed by atoms with Crippen LogP contribution in [-0.4, -0.2) is 26.0 Å². The lowest BCUT2D eigenvalue weighted by atomic mass is 9.81. The van der Waals surface area contributed by atoms with Crippen molar-refractivity contribution in [2.75, 3.05) is 0 Å². The van der Waals surface area contributed by atoms with E-state index in [4.69, 9.17) is 5.11 Å². The first-order valence-electron chi connectivity index (χ1n) is 5.32. The Morgan fingerprint density at radius 3 is 2.88 bits per heavy atom. The van der Waals surface area contributed by atoms with Gasteiger partial charge in [0.15, 0.2) is 0 Å². The Morgan fingerprint density at radius 1 is 1.44 bits per heavy atom. The molecule has 0 aliphatic heterocycles. The smallest absolute Gasteiger partial charge is 0.338 e. The Morgan fingerprint density at radius 2 is 2.25 bits per heavy atom. The van der Waals surface area contributed by atoms with E-state index in [0.717, 1.165) is 18.5 Å². The molecule has 0 aromatic carbocycles. The van der Waals surface area contributed by atoms with Gasteiger partial charge in [-0.05, 0) is 12.8 Å². The average Bonchev–Trinajstić information content (AvgIpc) is 2.59. The van der Waals surface area contributed by atoms with Crippen LogP contribution in [0.5, 0.6) is 0 Å². The number of aromatic carboxylic acids is 1. The molecule has 0 bridgehead atoms. The number of carboxylic acid groups (broad SMARTS) is 1. The molecular weight excluding hydrogens is 206 g/mol. The molecule has 16 heavy (non-hydrogen) atoms. The van der Waals surface area contributed by atoms with Crippen molar-refractivity contribution < 1.29 is 9.90 Å². The van der Waals surface area contributed by atoms with Gasteiger partial charge in [-0.15, -0.1) is 0 Å². The van der Waals surface area contributed by atoms with E-state index in [1.807, 2.05) is 0 Å². The Hall–Kier alpha value is -1.91. The number of H-pyrrole nitrogens is 1. The van der Waals surface area contributed by atoms with E-state index < -0.39 is 5.97 Å². The van der Waals surface area contributed by atoms with Crippen molar-refractivity contribution in [3.05, 3.63) is 23.8 Å². The number of hydrogen-bond donors (Lipinski definition) is 2. The fraction of sp³-hybridized carbons (Fsp3) is 0.364. The second kappa shape index (κ2) is 3.30. The fourth-order valence-electron chi connectivity index (χ4n) is 2.15. The molecule has 2 heterocycles. The summed E-state index contributed by atoms with van der Waals surface area (Å²) in [5.74, 6) is -0.527. The summed E-state index contributed by atoms with van der Waals surface area (Å²) in [6, 6.07) is 0. The number of aromatic amines is 1. The lowest BCUT2D eigenvalue weighted by Gasteiger charge is -2.25. The average molecular weight is 217 g/mol. The Labute approximate surface area is 91.5 Å². The quantitative estimate of drug-likeness (QED) is 0.805. The number of hydrogen-bond acceptors (Lipinski definition) is 3. The Bertz CT molecular complexity index is 557. The zero-order valence-electron chi connectivity index (χ0n) is 8.60. The second-order valence-electron chi connectivity index (χ2n) is 4.12. The van der Waals surface area contributed by atoms with Gasteiger partial charge in [-0.2, -0.15) is 0 Å². The van der Waals surface area contributed by atoms with E-state index in [2.05, 4.69) is 15.0 Å². The predicted octanol–water partition coefficient (Wildman–Crippen LogP) is 1.92. The fourth-order valence-corrected chi connectivity index (χ4v) is 2.15. The molecule has 1 aliphatic carbocycles. The first-order chi connectivity index (χ1) is 7.77. The zero-order chi connectivity index (χ0) is 11.1. The Balaban J connectivity index is 2.25. The van der Waals surface area contributed by atoms with Crippen molar-refractivity contribution >= 4 is 17.0 Å². The van der Waals surface area contributed by atoms with Crippen molar-refractivity contribution in [2.24, 2.45) is 0 Å². The minimum absolute atomic E-state index is 0.275. The summed E-state index contributed by atoms with van der Waals surface area (Å²) in [6.45, 7) is 0. The molecule has 2 aromatic rings. The summed E-state index contributed by atoms with van der Waals surface area (Å²) in [5.41, 5.74) is 1.78. The predicted molar refractivity (Wildman–Crippen MR) is 57.4 cm³/mol. The van der Waals surface area contributed by atoms with Crippen LogP contribution in [0, 0.1) is 0 Å². The summed E-state index contributed by atoms with van der Waals surface area (Å²) < 4.78 is 0. The van der Waals surface area contributed by atoms with Crippen LogP contribution in [-0.2, 0) is 0 Å². The SMILES string of the molecule is O=C(O)c1c[nH]c2ncnc(C3CCC3)c12. The summed E-state index contributed by atoms with van der Waals surface area (Å²) in [4.78, 5) is 22.3. The minimum Gasteiger partial charge on any atom is -0.478 e. The molecule has 0 unspecified atom stereocenters. The third kappa shape index (κ3) is 1.21. The highest BCUT2D eigenvalue weighted by Crippen LogP contribution is 2.38. The summed E-state index contributed by atoms with van der Waals surface area (Å²) in [7, 11) is 0. The van der Waals surface area contributed by atoms with Crippen LogP contribution >= 0.6 is 0 Å². The molecule has 1 saturated carbocycles. The first-order valence-corrected chi connectivity index (χ1v) is 5.32. The number of nitrogens with zero attached hydrogens (tertiary/aromatic N) is 2. The molecule has 1 fully saturated rings. The highest BCUT2D eigenvalue weighted by atomic mass is 16.4. The van der Waals surface area contributed by atoms with Crippen molar-refractivity contribution in [2.45, 2.75) is 25.2 Å². The van der Waals surface area contributed by atoms with Gasteiger partial charge in [0.1, 0.15) is 12.0 Å². The number of carboxylic acids is 1. The molecule has 1 aliphatic rings. The number of nitrogens with one attached hydrogen (secondary N) is 1. The maximum atomic E-state index is 11.1. The first kappa shape index (κ1) is 9.33. The maximum Gasteiger partial charge on any atom is 0.338 e. The third-order valence-electron chi connectivity index (χ3n) is 3.22. The zero-order valence-corrected chi connectivity index (χ0v) is 8.60. The highest BCUT2D eigenvalue weighted by Gasteiger charge is 2.26. The van der Waals surface area contributed by atoms with E-state index in [9.17, 15) is 4.79 Å². The Kier molecular flexibility index (Phi) is 1.92. The number of aromatic nitrogens is 3. The molecule has 82 valence electrons. The van der Waals surface area contributed by atoms with Gasteiger partial charge in [-0.3, -0.25) is 0 Å².